The highest BCUT2D eigenvalue weighted by molar-refractivity contribution is 7.14. The summed E-state index contributed by atoms with van der Waals surface area (Å²) in [4.78, 5) is 41.1. The van der Waals surface area contributed by atoms with Crippen molar-refractivity contribution in [3.8, 4) is 11.3 Å². The number of rotatable bonds is 14. The molecule has 2 amide bonds. The van der Waals surface area contributed by atoms with Gasteiger partial charge in [-0.2, -0.15) is 9.78 Å². The number of carbonyl (C=O) groups is 2. The van der Waals surface area contributed by atoms with E-state index in [2.05, 4.69) is 23.8 Å². The molecule has 42 heavy (non-hydrogen) atoms. The van der Waals surface area contributed by atoms with Crippen LogP contribution in [-0.2, 0) is 24.1 Å². The smallest absolute Gasteiger partial charge is 0.246 e. The van der Waals surface area contributed by atoms with Crippen LogP contribution in [-0.4, -0.2) is 44.7 Å². The highest BCUT2D eigenvalue weighted by atomic mass is 32.1. The van der Waals surface area contributed by atoms with Gasteiger partial charge in [-0.3, -0.25) is 14.8 Å². The maximum Gasteiger partial charge on any atom is 0.246 e. The minimum Gasteiger partial charge on any atom is -0.399 e. The lowest BCUT2D eigenvalue weighted by Gasteiger charge is -2.38. The maximum atomic E-state index is 12.8. The molecule has 2 fully saturated rings. The Kier molecular flexibility index (Phi) is 11.1. The molecular weight excluding hydrogens is 556 g/mol. The molecule has 2 unspecified atom stereocenters. The third-order valence-corrected chi connectivity index (χ3v) is 8.91. The van der Waals surface area contributed by atoms with Crippen molar-refractivity contribution in [3.05, 3.63) is 42.3 Å². The first-order chi connectivity index (χ1) is 20.2. The summed E-state index contributed by atoms with van der Waals surface area (Å²) in [5.41, 5.74) is 8.20. The average Bonchev–Trinajstić information content (AvgIpc) is 3.57. The Bertz CT molecular complexity index is 1220. The minimum absolute atomic E-state index is 0.0847. The number of hydrogen-bond donors (Lipinski definition) is 3. The van der Waals surface area contributed by atoms with E-state index in [4.69, 9.17) is 20.2 Å². The molecule has 10 nitrogen and oxygen atoms in total. The van der Waals surface area contributed by atoms with Crippen molar-refractivity contribution in [1.82, 2.24) is 10.0 Å². The number of nitrogens with zero attached hydrogens (tertiary/aromatic N) is 2. The number of benzene rings is 1. The van der Waals surface area contributed by atoms with Crippen LogP contribution < -0.4 is 11.1 Å². The molecule has 1 spiro atoms. The lowest BCUT2D eigenvalue weighted by atomic mass is 9.88. The number of hydroxylamine groups is 2. The molecule has 2 aliphatic rings. The number of nitrogens with one attached hydrogen (secondary N) is 1. The van der Waals surface area contributed by atoms with Crippen LogP contribution in [0.15, 0.2) is 42.3 Å². The summed E-state index contributed by atoms with van der Waals surface area (Å²) in [5, 5.41) is 16.9. The van der Waals surface area contributed by atoms with Gasteiger partial charge in [-0.25, -0.2) is 10.0 Å². The molecule has 1 aromatic heterocycles. The lowest BCUT2D eigenvalue weighted by molar-refractivity contribution is -0.362. The Hall–Kier alpha value is -2.83. The van der Waals surface area contributed by atoms with Crippen molar-refractivity contribution >= 4 is 34.0 Å². The van der Waals surface area contributed by atoms with E-state index >= 15 is 0 Å². The van der Waals surface area contributed by atoms with Gasteiger partial charge < -0.3 is 15.8 Å². The standard InChI is InChI=1S/C31H44N4O6S/c1-4-12-23(5-2)30(3)39-31(41-40-30)18-11-15-25(20-31)35(38)28(37)17-9-7-6-8-16-27(36)34-29-33-26(21-42-29)22-13-10-14-24(32)19-22/h4,10,13-14,19,21,23,25,38H,1,5-9,11-12,15-18,20,32H2,2-3H3,(H,33,34,36)/t23?,25?,30-,31-/m1/s1. The van der Waals surface area contributed by atoms with Gasteiger partial charge >= 0.3 is 0 Å². The van der Waals surface area contributed by atoms with E-state index in [0.717, 1.165) is 48.4 Å². The fraction of sp³-hybridized carbons (Fsp3) is 0.581. The highest BCUT2D eigenvalue weighted by Crippen LogP contribution is 2.47. The predicted molar refractivity (Wildman–Crippen MR) is 162 cm³/mol. The second-order valence-corrected chi connectivity index (χ2v) is 12.3. The molecular formula is C31H44N4O6S. The molecule has 4 N–H and O–H groups in total. The highest BCUT2D eigenvalue weighted by Gasteiger charge is 2.55. The van der Waals surface area contributed by atoms with Crippen molar-refractivity contribution in [1.29, 1.82) is 0 Å². The fourth-order valence-electron chi connectivity index (χ4n) is 5.79. The molecule has 11 heteroatoms. The topological polar surface area (TPSA) is 136 Å². The van der Waals surface area contributed by atoms with E-state index in [-0.39, 0.29) is 24.2 Å². The van der Waals surface area contributed by atoms with Crippen molar-refractivity contribution in [2.75, 3.05) is 11.1 Å². The summed E-state index contributed by atoms with van der Waals surface area (Å²) in [5.74, 6) is -2.17. The average molecular weight is 601 g/mol. The number of carbonyl (C=O) groups excluding carboxylic acids is 2. The zero-order valence-electron chi connectivity index (χ0n) is 24.7. The van der Waals surface area contributed by atoms with E-state index in [0.29, 0.717) is 49.3 Å². The van der Waals surface area contributed by atoms with Crippen LogP contribution >= 0.6 is 11.3 Å². The second-order valence-electron chi connectivity index (χ2n) is 11.4. The molecule has 1 aromatic carbocycles. The van der Waals surface area contributed by atoms with Crippen molar-refractivity contribution < 1.29 is 29.3 Å². The second kappa shape index (κ2) is 14.6. The normalized spacial score (nSPS) is 24.4. The van der Waals surface area contributed by atoms with Gasteiger partial charge in [0.2, 0.25) is 23.4 Å². The van der Waals surface area contributed by atoms with Crippen LogP contribution in [0.3, 0.4) is 0 Å². The van der Waals surface area contributed by atoms with Crippen LogP contribution in [0, 0.1) is 5.92 Å². The fourth-order valence-corrected chi connectivity index (χ4v) is 6.53. The molecule has 2 heterocycles. The molecule has 0 bridgehead atoms. The minimum atomic E-state index is -0.968. The van der Waals surface area contributed by atoms with E-state index in [1.165, 1.54) is 11.3 Å². The summed E-state index contributed by atoms with van der Waals surface area (Å²) in [6.07, 6.45) is 9.42. The van der Waals surface area contributed by atoms with Gasteiger partial charge in [0.15, 0.2) is 5.13 Å². The van der Waals surface area contributed by atoms with Crippen LogP contribution in [0.2, 0.25) is 0 Å². The number of hydrogen-bond acceptors (Lipinski definition) is 9. The number of thiazole rings is 1. The van der Waals surface area contributed by atoms with Gasteiger partial charge in [-0.05, 0) is 57.6 Å². The molecule has 1 aliphatic carbocycles. The van der Waals surface area contributed by atoms with Gasteiger partial charge in [-0.15, -0.1) is 17.9 Å². The summed E-state index contributed by atoms with van der Waals surface area (Å²) < 4.78 is 6.37. The molecule has 1 aliphatic heterocycles. The van der Waals surface area contributed by atoms with Crippen molar-refractivity contribution in [3.63, 3.8) is 0 Å². The number of aromatic nitrogens is 1. The largest absolute Gasteiger partial charge is 0.399 e. The number of amides is 2. The number of nitrogens with two attached hydrogens (primary N) is 1. The summed E-state index contributed by atoms with van der Waals surface area (Å²) in [6.45, 7) is 7.79. The third kappa shape index (κ3) is 8.17. The zero-order valence-corrected chi connectivity index (χ0v) is 25.5. The maximum absolute atomic E-state index is 12.8. The first kappa shape index (κ1) is 32.1. The Labute approximate surface area is 252 Å². The van der Waals surface area contributed by atoms with Crippen LogP contribution in [0.25, 0.3) is 11.3 Å². The quantitative estimate of drug-likeness (QED) is 0.0536. The Morgan fingerprint density at radius 1 is 1.29 bits per heavy atom. The van der Waals surface area contributed by atoms with Crippen molar-refractivity contribution in [2.24, 2.45) is 5.92 Å². The van der Waals surface area contributed by atoms with Gasteiger partial charge in [0, 0.05) is 48.2 Å². The van der Waals surface area contributed by atoms with Crippen LogP contribution in [0.4, 0.5) is 10.8 Å². The molecule has 4 atom stereocenters. The number of anilines is 2. The summed E-state index contributed by atoms with van der Waals surface area (Å²) in [6, 6.07) is 7.07. The molecule has 1 saturated heterocycles. The van der Waals surface area contributed by atoms with Gasteiger partial charge in [0.25, 0.3) is 0 Å². The molecule has 4 rings (SSSR count). The molecule has 1 saturated carbocycles. The SMILES string of the molecule is C=CCC(CC)[C@@]1(C)OO[C@@]2(CCCC(N(O)C(=O)CCCCCCC(=O)Nc3nc(-c4cccc(N)c4)cs3)C2)O1. The van der Waals surface area contributed by atoms with E-state index in [1.807, 2.05) is 42.6 Å². The van der Waals surface area contributed by atoms with Crippen LogP contribution in [0.5, 0.6) is 0 Å². The van der Waals surface area contributed by atoms with Gasteiger partial charge in [0.1, 0.15) is 0 Å². The molecule has 0 radical (unpaired) electrons. The Morgan fingerprint density at radius 3 is 2.81 bits per heavy atom. The number of nitrogen functional groups attached to an aromatic ring is 1. The first-order valence-electron chi connectivity index (χ1n) is 15.0. The zero-order chi connectivity index (χ0) is 30.2. The monoisotopic (exact) mass is 600 g/mol. The summed E-state index contributed by atoms with van der Waals surface area (Å²) >= 11 is 1.38. The lowest BCUT2D eigenvalue weighted by Crippen LogP contribution is -2.49. The van der Waals surface area contributed by atoms with E-state index < -0.39 is 17.6 Å². The van der Waals surface area contributed by atoms with Gasteiger partial charge in [-0.1, -0.05) is 38.0 Å². The number of ether oxygens (including phenoxy) is 1. The number of allylic oxidation sites excluding steroid dienone is 1. The first-order valence-corrected chi connectivity index (χ1v) is 15.8. The Morgan fingerprint density at radius 2 is 2.07 bits per heavy atom. The molecule has 230 valence electrons. The van der Waals surface area contributed by atoms with E-state index in [1.54, 1.807) is 0 Å². The Balaban J connectivity index is 1.13. The van der Waals surface area contributed by atoms with Gasteiger partial charge in [0.05, 0.1) is 11.7 Å². The van der Waals surface area contributed by atoms with Crippen molar-refractivity contribution in [2.45, 2.75) is 109 Å². The summed E-state index contributed by atoms with van der Waals surface area (Å²) in [7, 11) is 0. The molecule has 2 aromatic rings. The van der Waals surface area contributed by atoms with Crippen LogP contribution in [0.1, 0.15) is 90.9 Å². The number of unbranched alkanes of at least 4 members (excludes halogenated alkanes) is 3. The third-order valence-electron chi connectivity index (χ3n) is 8.15. The van der Waals surface area contributed by atoms with E-state index in [9.17, 15) is 14.8 Å². The predicted octanol–water partition coefficient (Wildman–Crippen LogP) is 6.83.